The summed E-state index contributed by atoms with van der Waals surface area (Å²) in [5.74, 6) is -0.750. The fourth-order valence-corrected chi connectivity index (χ4v) is 3.26. The van der Waals surface area contributed by atoms with Crippen molar-refractivity contribution in [1.29, 1.82) is 0 Å². The number of aromatic nitrogens is 1. The zero-order valence-corrected chi connectivity index (χ0v) is 13.0. The number of rotatable bonds is 3. The fourth-order valence-electron chi connectivity index (χ4n) is 1.78. The van der Waals surface area contributed by atoms with Gasteiger partial charge >= 0.3 is 0 Å². The van der Waals surface area contributed by atoms with Gasteiger partial charge in [-0.3, -0.25) is 4.79 Å². The fraction of sp³-hybridized carbons (Fsp3) is 0.143. The molecule has 0 aliphatic heterocycles. The first-order valence-corrected chi connectivity index (χ1v) is 7.92. The Morgan fingerprint density at radius 2 is 1.90 bits per heavy atom. The van der Waals surface area contributed by atoms with Crippen LogP contribution in [0.15, 0.2) is 41.4 Å². The lowest BCUT2D eigenvalue weighted by Gasteiger charge is -2.10. The van der Waals surface area contributed by atoms with Gasteiger partial charge in [0.2, 0.25) is 0 Å². The number of carbonyl (C=O) groups excluding carboxylic acids is 1. The highest BCUT2D eigenvalue weighted by molar-refractivity contribution is 7.90. The molecule has 7 heteroatoms. The molecule has 1 heterocycles. The molecule has 0 unspecified atom stereocenters. The lowest BCUT2D eigenvalue weighted by Crippen LogP contribution is -2.31. The van der Waals surface area contributed by atoms with Crippen molar-refractivity contribution < 1.29 is 13.2 Å². The van der Waals surface area contributed by atoms with E-state index in [1.807, 2.05) is 4.72 Å². The van der Waals surface area contributed by atoms with Crippen LogP contribution in [0.5, 0.6) is 0 Å². The smallest absolute Gasteiger partial charge is 0.265 e. The number of sulfonamides is 1. The second-order valence-electron chi connectivity index (χ2n) is 4.57. The molecule has 0 saturated carbocycles. The van der Waals surface area contributed by atoms with Crippen LogP contribution in [-0.4, -0.2) is 19.3 Å². The van der Waals surface area contributed by atoms with E-state index in [0.717, 1.165) is 5.56 Å². The van der Waals surface area contributed by atoms with E-state index in [0.29, 0.717) is 5.56 Å². The molecule has 1 aromatic heterocycles. The van der Waals surface area contributed by atoms with Gasteiger partial charge in [0.25, 0.3) is 15.9 Å². The van der Waals surface area contributed by atoms with Gasteiger partial charge in [0.15, 0.2) is 0 Å². The number of pyridine rings is 1. The highest BCUT2D eigenvalue weighted by Crippen LogP contribution is 2.17. The minimum atomic E-state index is -3.94. The average Bonchev–Trinajstić information content (AvgIpc) is 2.41. The van der Waals surface area contributed by atoms with Crippen LogP contribution >= 0.6 is 11.6 Å². The molecule has 2 aromatic rings. The molecule has 0 fully saturated rings. The molecular weight excluding hydrogens is 312 g/mol. The van der Waals surface area contributed by atoms with Gasteiger partial charge in [0, 0.05) is 11.8 Å². The number of hydrogen-bond donors (Lipinski definition) is 1. The maximum atomic E-state index is 12.3. The van der Waals surface area contributed by atoms with Crippen molar-refractivity contribution in [2.24, 2.45) is 0 Å². The molecule has 21 heavy (non-hydrogen) atoms. The Kier molecular flexibility index (Phi) is 4.29. The van der Waals surface area contributed by atoms with Gasteiger partial charge in [0.05, 0.1) is 4.90 Å². The van der Waals surface area contributed by atoms with Crippen LogP contribution < -0.4 is 4.72 Å². The molecule has 0 aliphatic rings. The Balaban J connectivity index is 2.33. The monoisotopic (exact) mass is 324 g/mol. The third-order valence-electron chi connectivity index (χ3n) is 2.85. The van der Waals surface area contributed by atoms with Crippen molar-refractivity contribution in [1.82, 2.24) is 9.71 Å². The molecule has 1 N–H and O–H groups in total. The zero-order valence-electron chi connectivity index (χ0n) is 11.4. The molecule has 0 aliphatic carbocycles. The van der Waals surface area contributed by atoms with E-state index < -0.39 is 15.9 Å². The number of aryl methyl sites for hydroxylation is 2. The Morgan fingerprint density at radius 3 is 2.57 bits per heavy atom. The second-order valence-corrected chi connectivity index (χ2v) is 6.61. The van der Waals surface area contributed by atoms with E-state index in [4.69, 9.17) is 11.6 Å². The summed E-state index contributed by atoms with van der Waals surface area (Å²) in [6.45, 7) is 3.45. The molecule has 0 atom stereocenters. The van der Waals surface area contributed by atoms with Gasteiger partial charge in [-0.15, -0.1) is 0 Å². The number of nitrogens with zero attached hydrogens (tertiary/aromatic N) is 1. The van der Waals surface area contributed by atoms with Crippen LogP contribution in [0.4, 0.5) is 0 Å². The third kappa shape index (κ3) is 3.59. The first kappa shape index (κ1) is 15.5. The van der Waals surface area contributed by atoms with Gasteiger partial charge in [-0.2, -0.15) is 0 Å². The summed E-state index contributed by atoms with van der Waals surface area (Å²) < 4.78 is 26.6. The predicted molar refractivity (Wildman–Crippen MR) is 79.8 cm³/mol. The maximum Gasteiger partial charge on any atom is 0.265 e. The highest BCUT2D eigenvalue weighted by Gasteiger charge is 2.21. The Hall–Kier alpha value is -1.92. The Morgan fingerprint density at radius 1 is 1.19 bits per heavy atom. The van der Waals surface area contributed by atoms with Crippen LogP contribution in [0.1, 0.15) is 21.5 Å². The molecule has 110 valence electrons. The number of halogens is 1. The van der Waals surface area contributed by atoms with E-state index in [9.17, 15) is 13.2 Å². The number of amides is 1. The van der Waals surface area contributed by atoms with E-state index >= 15 is 0 Å². The van der Waals surface area contributed by atoms with Crippen LogP contribution in [0.2, 0.25) is 5.15 Å². The summed E-state index contributed by atoms with van der Waals surface area (Å²) >= 11 is 5.68. The number of nitrogens with one attached hydrogen (secondary N) is 1. The average molecular weight is 325 g/mol. The van der Waals surface area contributed by atoms with Crippen LogP contribution in [-0.2, 0) is 10.0 Å². The van der Waals surface area contributed by atoms with E-state index in [2.05, 4.69) is 4.98 Å². The number of hydrogen-bond acceptors (Lipinski definition) is 4. The lowest BCUT2D eigenvalue weighted by molar-refractivity contribution is 0.0981. The topological polar surface area (TPSA) is 76.1 Å². The number of carbonyl (C=O) groups is 1. The normalized spacial score (nSPS) is 11.2. The van der Waals surface area contributed by atoms with Crippen LogP contribution in [0.25, 0.3) is 0 Å². The van der Waals surface area contributed by atoms with Gasteiger partial charge in [-0.1, -0.05) is 23.7 Å². The molecule has 1 amide bonds. The molecule has 0 spiro atoms. The van der Waals surface area contributed by atoms with Crippen LogP contribution in [0.3, 0.4) is 0 Å². The molecule has 0 saturated heterocycles. The van der Waals surface area contributed by atoms with Crippen molar-refractivity contribution in [2.75, 3.05) is 0 Å². The van der Waals surface area contributed by atoms with Crippen molar-refractivity contribution in [2.45, 2.75) is 18.7 Å². The summed E-state index contributed by atoms with van der Waals surface area (Å²) in [7, 11) is -3.94. The first-order valence-electron chi connectivity index (χ1n) is 6.05. The summed E-state index contributed by atoms with van der Waals surface area (Å²) in [6, 6.07) is 7.70. The number of benzene rings is 1. The van der Waals surface area contributed by atoms with Crippen molar-refractivity contribution in [3.8, 4) is 0 Å². The first-order chi connectivity index (χ1) is 9.79. The van der Waals surface area contributed by atoms with Gasteiger partial charge < -0.3 is 0 Å². The Bertz CT molecular complexity index is 804. The van der Waals surface area contributed by atoms with Crippen LogP contribution in [0, 0.1) is 13.8 Å². The molecule has 5 nitrogen and oxygen atoms in total. The standard InChI is InChI=1S/C14H13ClN2O3S/c1-9-3-4-10(2)12(7-9)21(19,20)17-14(18)11-5-6-16-13(15)8-11/h3-8H,1-2H3,(H,17,18). The lowest BCUT2D eigenvalue weighted by atomic mass is 10.2. The van der Waals surface area contributed by atoms with Crippen molar-refractivity contribution in [3.63, 3.8) is 0 Å². The summed E-state index contributed by atoms with van der Waals surface area (Å²) in [5.41, 5.74) is 1.48. The minimum absolute atomic E-state index is 0.0796. The molecule has 2 rings (SSSR count). The van der Waals surface area contributed by atoms with Gasteiger partial charge in [-0.25, -0.2) is 18.1 Å². The van der Waals surface area contributed by atoms with E-state index in [1.54, 1.807) is 26.0 Å². The largest absolute Gasteiger partial charge is 0.268 e. The molecule has 0 bridgehead atoms. The van der Waals surface area contributed by atoms with Gasteiger partial charge in [0.1, 0.15) is 5.15 Å². The molecular formula is C14H13ClN2O3S. The molecule has 0 radical (unpaired) electrons. The predicted octanol–water partition coefficient (Wildman–Crippen LogP) is 2.47. The van der Waals surface area contributed by atoms with Crippen molar-refractivity contribution >= 4 is 27.5 Å². The third-order valence-corrected chi connectivity index (χ3v) is 4.53. The minimum Gasteiger partial charge on any atom is -0.268 e. The Labute approximate surface area is 128 Å². The zero-order chi connectivity index (χ0) is 15.6. The van der Waals surface area contributed by atoms with Crippen molar-refractivity contribution in [3.05, 3.63) is 58.4 Å². The summed E-state index contributed by atoms with van der Waals surface area (Å²) in [5, 5.41) is 0.117. The quantitative estimate of drug-likeness (QED) is 0.880. The van der Waals surface area contributed by atoms with E-state index in [-0.39, 0.29) is 15.6 Å². The highest BCUT2D eigenvalue weighted by atomic mass is 35.5. The molecule has 1 aromatic carbocycles. The van der Waals surface area contributed by atoms with Gasteiger partial charge in [-0.05, 0) is 43.2 Å². The maximum absolute atomic E-state index is 12.3. The van der Waals surface area contributed by atoms with E-state index in [1.165, 1.54) is 24.4 Å². The second kappa shape index (κ2) is 5.83. The summed E-state index contributed by atoms with van der Waals surface area (Å²) in [6.07, 6.45) is 1.34. The SMILES string of the molecule is Cc1ccc(C)c(S(=O)(=O)NC(=O)c2ccnc(Cl)c2)c1. The summed E-state index contributed by atoms with van der Waals surface area (Å²) in [4.78, 5) is 15.8.